The molecular formula is C31H25F6NO. The van der Waals surface area contributed by atoms with Gasteiger partial charge in [-0.05, 0) is 79.0 Å². The highest BCUT2D eigenvalue weighted by Crippen LogP contribution is 2.67. The van der Waals surface area contributed by atoms with Crippen molar-refractivity contribution in [3.8, 4) is 0 Å². The first-order chi connectivity index (χ1) is 18.4. The first-order valence-electron chi connectivity index (χ1n) is 13.1. The van der Waals surface area contributed by atoms with Gasteiger partial charge in [0.1, 0.15) is 0 Å². The fourth-order valence-electron chi connectivity index (χ4n) is 8.07. The van der Waals surface area contributed by atoms with Gasteiger partial charge in [0.2, 0.25) is 0 Å². The van der Waals surface area contributed by atoms with Crippen molar-refractivity contribution in [2.75, 3.05) is 4.90 Å². The molecule has 2 unspecified atom stereocenters. The van der Waals surface area contributed by atoms with Crippen LogP contribution in [0.3, 0.4) is 0 Å². The van der Waals surface area contributed by atoms with Crippen LogP contribution in [0.15, 0.2) is 72.8 Å². The van der Waals surface area contributed by atoms with Crippen molar-refractivity contribution in [2.24, 2.45) is 11.8 Å². The number of aliphatic hydroxyl groups is 1. The number of fused-ring (bicyclic) bond motifs is 2. The minimum Gasteiger partial charge on any atom is -0.387 e. The molecule has 0 spiro atoms. The molecule has 4 fully saturated rings. The molecule has 0 amide bonds. The average Bonchev–Trinajstić information content (AvgIpc) is 3.19. The van der Waals surface area contributed by atoms with Crippen molar-refractivity contribution in [1.82, 2.24) is 0 Å². The molecule has 1 N–H and O–H groups in total. The van der Waals surface area contributed by atoms with Crippen molar-refractivity contribution >= 4 is 32.9 Å². The maximum Gasteiger partial charge on any atom is 0.416 e. The monoisotopic (exact) mass is 541 g/mol. The minimum atomic E-state index is -4.98. The largest absolute Gasteiger partial charge is 0.416 e. The number of hydrogen-bond acceptors (Lipinski definition) is 2. The first-order valence-corrected chi connectivity index (χ1v) is 13.1. The van der Waals surface area contributed by atoms with Crippen molar-refractivity contribution in [2.45, 2.75) is 55.6 Å². The number of benzene rings is 4. The zero-order chi connectivity index (χ0) is 27.4. The Labute approximate surface area is 220 Å². The van der Waals surface area contributed by atoms with Crippen molar-refractivity contribution in [3.05, 3.63) is 83.9 Å². The van der Waals surface area contributed by atoms with Crippen molar-refractivity contribution < 1.29 is 31.4 Å². The van der Waals surface area contributed by atoms with E-state index >= 15 is 0 Å². The number of alkyl halides is 6. The third-order valence-corrected chi connectivity index (χ3v) is 9.26. The van der Waals surface area contributed by atoms with Crippen LogP contribution in [0.1, 0.15) is 43.2 Å². The predicted molar refractivity (Wildman–Crippen MR) is 138 cm³/mol. The molecule has 4 bridgehead atoms. The van der Waals surface area contributed by atoms with Gasteiger partial charge in [-0.15, -0.1) is 0 Å². The molecule has 4 aromatic carbocycles. The van der Waals surface area contributed by atoms with Crippen LogP contribution in [0, 0.1) is 11.8 Å². The van der Waals surface area contributed by atoms with Gasteiger partial charge in [-0.25, -0.2) is 0 Å². The van der Waals surface area contributed by atoms with Gasteiger partial charge in [-0.3, -0.25) is 0 Å². The van der Waals surface area contributed by atoms with Gasteiger partial charge in [0.15, 0.2) is 0 Å². The number of halogens is 6. The second-order valence-corrected chi connectivity index (χ2v) is 11.6. The van der Waals surface area contributed by atoms with Crippen LogP contribution in [-0.4, -0.2) is 16.2 Å². The second-order valence-electron chi connectivity index (χ2n) is 11.6. The van der Waals surface area contributed by atoms with Gasteiger partial charge in [0.05, 0.1) is 28.0 Å². The maximum absolute atomic E-state index is 14.1. The molecule has 0 heterocycles. The van der Waals surface area contributed by atoms with Gasteiger partial charge in [-0.2, -0.15) is 26.3 Å². The quantitative estimate of drug-likeness (QED) is 0.207. The summed E-state index contributed by atoms with van der Waals surface area (Å²) in [5.74, 6) is 0.332. The number of rotatable bonds is 3. The number of anilines is 2. The topological polar surface area (TPSA) is 23.5 Å². The molecule has 2 atom stereocenters. The van der Waals surface area contributed by atoms with Crippen LogP contribution in [0.4, 0.5) is 37.7 Å². The summed E-state index contributed by atoms with van der Waals surface area (Å²) in [5.41, 5.74) is -4.62. The molecule has 0 aromatic heterocycles. The van der Waals surface area contributed by atoms with Gasteiger partial charge in [0.25, 0.3) is 0 Å². The fourth-order valence-corrected chi connectivity index (χ4v) is 8.07. The Morgan fingerprint density at radius 2 is 1.15 bits per heavy atom. The third kappa shape index (κ3) is 3.60. The summed E-state index contributed by atoms with van der Waals surface area (Å²) in [6.07, 6.45) is -7.04. The van der Waals surface area contributed by atoms with Gasteiger partial charge in [0, 0.05) is 16.5 Å². The Hall–Kier alpha value is -3.26. The van der Waals surface area contributed by atoms with E-state index in [4.69, 9.17) is 0 Å². The zero-order valence-electron chi connectivity index (χ0n) is 20.8. The third-order valence-electron chi connectivity index (χ3n) is 9.26. The van der Waals surface area contributed by atoms with Crippen LogP contribution >= 0.6 is 0 Å². The van der Waals surface area contributed by atoms with E-state index < -0.39 is 34.6 Å². The molecule has 4 aliphatic carbocycles. The fraction of sp³-hybridized carbons (Fsp3) is 0.355. The van der Waals surface area contributed by atoms with Crippen LogP contribution in [-0.2, 0) is 12.4 Å². The van der Waals surface area contributed by atoms with Crippen molar-refractivity contribution in [1.29, 1.82) is 0 Å². The van der Waals surface area contributed by atoms with E-state index in [2.05, 4.69) is 0 Å². The molecule has 202 valence electrons. The van der Waals surface area contributed by atoms with E-state index in [-0.39, 0.29) is 23.6 Å². The van der Waals surface area contributed by atoms with E-state index in [1.807, 2.05) is 54.6 Å². The highest BCUT2D eigenvalue weighted by atomic mass is 19.4. The molecule has 2 nitrogen and oxygen atoms in total. The van der Waals surface area contributed by atoms with Gasteiger partial charge >= 0.3 is 12.4 Å². The lowest BCUT2D eigenvalue weighted by molar-refractivity contribution is -0.143. The second kappa shape index (κ2) is 7.90. The van der Waals surface area contributed by atoms with Crippen molar-refractivity contribution in [3.63, 3.8) is 0 Å². The predicted octanol–water partition coefficient (Wildman–Crippen LogP) is 8.86. The normalized spacial score (nSPS) is 28.1. The lowest BCUT2D eigenvalue weighted by Gasteiger charge is -2.49. The van der Waals surface area contributed by atoms with Crippen LogP contribution in [0.2, 0.25) is 0 Å². The number of nitrogens with zero attached hydrogens (tertiary/aromatic N) is 1. The molecular weight excluding hydrogens is 516 g/mol. The molecule has 8 rings (SSSR count). The Bertz CT molecular complexity index is 1520. The van der Waals surface area contributed by atoms with E-state index in [1.165, 1.54) is 0 Å². The highest BCUT2D eigenvalue weighted by molar-refractivity contribution is 6.13. The Morgan fingerprint density at radius 3 is 1.64 bits per heavy atom. The van der Waals surface area contributed by atoms with E-state index in [0.29, 0.717) is 42.1 Å². The number of hydrogen-bond donors (Lipinski definition) is 1. The molecule has 39 heavy (non-hydrogen) atoms. The molecule has 4 saturated carbocycles. The van der Waals surface area contributed by atoms with Crippen LogP contribution in [0.25, 0.3) is 21.5 Å². The zero-order valence-corrected chi connectivity index (χ0v) is 20.8. The van der Waals surface area contributed by atoms with Crippen LogP contribution < -0.4 is 4.90 Å². The SMILES string of the molecule is OC12CC3CC(C1)CC2(N(c1cc(C(F)(F)F)cc(C(F)(F)F)c1)c1c2ccccc2cc2ccccc12)C3. The minimum absolute atomic E-state index is 0.166. The van der Waals surface area contributed by atoms with E-state index in [1.54, 1.807) is 4.90 Å². The van der Waals surface area contributed by atoms with E-state index in [9.17, 15) is 31.4 Å². The summed E-state index contributed by atoms with van der Waals surface area (Å²) in [4.78, 5) is 1.68. The Kier molecular flexibility index (Phi) is 5.02. The summed E-state index contributed by atoms with van der Waals surface area (Å²) >= 11 is 0. The smallest absolute Gasteiger partial charge is 0.387 e. The molecule has 0 aliphatic heterocycles. The maximum atomic E-state index is 14.1. The van der Waals surface area contributed by atoms with Crippen LogP contribution in [0.5, 0.6) is 0 Å². The Balaban J connectivity index is 1.61. The molecule has 0 radical (unpaired) electrons. The summed E-state index contributed by atoms with van der Waals surface area (Å²) in [6.45, 7) is 0. The summed E-state index contributed by atoms with van der Waals surface area (Å²) in [5, 5.41) is 15.2. The molecule has 0 saturated heterocycles. The van der Waals surface area contributed by atoms with E-state index in [0.717, 1.165) is 29.3 Å². The average molecular weight is 542 g/mol. The standard InChI is InChI=1S/C31H25F6NO/c32-30(33,34)22-11-23(31(35,36)37)13-24(12-22)38(28-14-18-9-19(15-28)17-29(28,39)16-18)27-25-7-3-1-5-20(25)10-21-6-2-4-8-26(21)27/h1-8,10-13,18-19,39H,9,14-17H2. The molecule has 4 aromatic rings. The van der Waals surface area contributed by atoms with Gasteiger partial charge < -0.3 is 10.0 Å². The Morgan fingerprint density at radius 1 is 0.667 bits per heavy atom. The van der Waals surface area contributed by atoms with Gasteiger partial charge in [-0.1, -0.05) is 48.5 Å². The lowest BCUT2D eigenvalue weighted by atomic mass is 9.79. The molecule has 8 heteroatoms. The summed E-state index contributed by atoms with van der Waals surface area (Å²) in [7, 11) is 0. The summed E-state index contributed by atoms with van der Waals surface area (Å²) < 4.78 is 84.4. The molecule has 4 aliphatic rings. The summed E-state index contributed by atoms with van der Waals surface area (Å²) in [6, 6.07) is 18.6. The first kappa shape index (κ1) is 24.8. The lowest BCUT2D eigenvalue weighted by Crippen LogP contribution is -2.56. The highest BCUT2D eigenvalue weighted by Gasteiger charge is 2.69.